The van der Waals surface area contributed by atoms with E-state index in [9.17, 15) is 0 Å². The van der Waals surface area contributed by atoms with Gasteiger partial charge in [0.05, 0.1) is 16.9 Å². The van der Waals surface area contributed by atoms with Gasteiger partial charge in [-0.25, -0.2) is 5.01 Å². The van der Waals surface area contributed by atoms with E-state index in [0.717, 1.165) is 49.2 Å². The lowest BCUT2D eigenvalue weighted by Crippen LogP contribution is -2.42. The van der Waals surface area contributed by atoms with Crippen LogP contribution in [0.3, 0.4) is 0 Å². The summed E-state index contributed by atoms with van der Waals surface area (Å²) in [4.78, 5) is 4.31. The zero-order valence-corrected chi connectivity index (χ0v) is 16.6. The third-order valence-electron chi connectivity index (χ3n) is 5.25. The summed E-state index contributed by atoms with van der Waals surface area (Å²) in [6.07, 6.45) is 7.46. The van der Waals surface area contributed by atoms with Gasteiger partial charge >= 0.3 is 0 Å². The van der Waals surface area contributed by atoms with Crippen molar-refractivity contribution in [1.29, 1.82) is 0 Å². The number of hydrazine groups is 1. The van der Waals surface area contributed by atoms with Crippen LogP contribution in [-0.4, -0.2) is 34.7 Å². The highest BCUT2D eigenvalue weighted by Gasteiger charge is 2.37. The minimum absolute atomic E-state index is 0.654. The Morgan fingerprint density at radius 1 is 1.04 bits per heavy atom. The van der Waals surface area contributed by atoms with Crippen LogP contribution >= 0.6 is 23.2 Å². The Hall–Kier alpha value is -2.02. The molecule has 0 spiro atoms. The second-order valence-electron chi connectivity index (χ2n) is 7.25. The minimum Gasteiger partial charge on any atom is -0.300 e. The van der Waals surface area contributed by atoms with Gasteiger partial charge in [0.1, 0.15) is 18.2 Å². The average molecular weight is 403 g/mol. The number of fused-ring (bicyclic) bond motifs is 2. The fourth-order valence-electron chi connectivity index (χ4n) is 3.99. The first-order valence-electron chi connectivity index (χ1n) is 9.17. The van der Waals surface area contributed by atoms with Crippen LogP contribution in [0.2, 0.25) is 10.0 Å². The highest BCUT2D eigenvalue weighted by atomic mass is 35.5. The number of nitrogens with zero attached hydrogens (tertiary/aromatic N) is 6. The zero-order valence-electron chi connectivity index (χ0n) is 15.1. The van der Waals surface area contributed by atoms with Gasteiger partial charge in [0, 0.05) is 30.7 Å². The van der Waals surface area contributed by atoms with Gasteiger partial charge in [0.15, 0.2) is 5.82 Å². The predicted octanol–water partition coefficient (Wildman–Crippen LogP) is 5.13. The summed E-state index contributed by atoms with van der Waals surface area (Å²) in [6, 6.07) is 5.53. The number of anilines is 1. The van der Waals surface area contributed by atoms with Crippen LogP contribution in [0.15, 0.2) is 63.7 Å². The highest BCUT2D eigenvalue weighted by Crippen LogP contribution is 2.42. The number of azo groups is 1. The van der Waals surface area contributed by atoms with Gasteiger partial charge in [0.25, 0.3) is 0 Å². The Morgan fingerprint density at radius 2 is 1.85 bits per heavy atom. The predicted molar refractivity (Wildman–Crippen MR) is 107 cm³/mol. The summed E-state index contributed by atoms with van der Waals surface area (Å²) >= 11 is 12.8. The second kappa shape index (κ2) is 6.55. The van der Waals surface area contributed by atoms with Crippen molar-refractivity contribution in [3.63, 3.8) is 0 Å². The molecule has 1 aromatic rings. The van der Waals surface area contributed by atoms with Gasteiger partial charge in [-0.3, -0.25) is 9.91 Å². The number of hydrogen-bond donors (Lipinski definition) is 0. The summed E-state index contributed by atoms with van der Waals surface area (Å²) in [6.45, 7) is 5.00. The average Bonchev–Trinajstić information content (AvgIpc) is 3.31. The number of hydrogen-bond acceptors (Lipinski definition) is 6. The monoisotopic (exact) mass is 402 g/mol. The molecule has 1 fully saturated rings. The maximum atomic E-state index is 6.53. The van der Waals surface area contributed by atoms with Crippen molar-refractivity contribution < 1.29 is 0 Å². The largest absolute Gasteiger partial charge is 0.300 e. The van der Waals surface area contributed by atoms with Crippen LogP contribution in [0.5, 0.6) is 0 Å². The molecule has 0 saturated carbocycles. The Morgan fingerprint density at radius 3 is 2.67 bits per heavy atom. The van der Waals surface area contributed by atoms with Crippen LogP contribution in [-0.2, 0) is 0 Å². The normalized spacial score (nSPS) is 22.3. The minimum atomic E-state index is 0.654. The molecule has 0 unspecified atom stereocenters. The summed E-state index contributed by atoms with van der Waals surface area (Å²) in [5.74, 6) is 1.87. The van der Waals surface area contributed by atoms with Crippen LogP contribution in [0.4, 0.5) is 5.69 Å². The molecule has 1 saturated heterocycles. The fraction of sp³-hybridized carbons (Fsp3) is 0.368. The van der Waals surface area contributed by atoms with Crippen molar-refractivity contribution in [2.24, 2.45) is 10.2 Å². The van der Waals surface area contributed by atoms with Crippen molar-refractivity contribution in [2.45, 2.75) is 26.2 Å². The molecule has 0 radical (unpaired) electrons. The molecule has 0 N–H and O–H groups in total. The molecule has 4 aliphatic rings. The maximum absolute atomic E-state index is 6.53. The fourth-order valence-corrected chi connectivity index (χ4v) is 4.36. The zero-order chi connectivity index (χ0) is 18.5. The molecule has 0 atom stereocenters. The second-order valence-corrected chi connectivity index (χ2v) is 8.09. The van der Waals surface area contributed by atoms with E-state index in [2.05, 4.69) is 49.4 Å². The lowest BCUT2D eigenvalue weighted by molar-refractivity contribution is 0.0338. The molecule has 6 nitrogen and oxygen atoms in total. The summed E-state index contributed by atoms with van der Waals surface area (Å²) in [5.41, 5.74) is 3.00. The van der Waals surface area contributed by atoms with Crippen molar-refractivity contribution in [3.8, 4) is 0 Å². The van der Waals surface area contributed by atoms with E-state index < -0.39 is 0 Å². The van der Waals surface area contributed by atoms with E-state index in [-0.39, 0.29) is 0 Å². The van der Waals surface area contributed by atoms with Gasteiger partial charge in [-0.15, -0.1) is 10.2 Å². The van der Waals surface area contributed by atoms with Crippen LogP contribution in [0.1, 0.15) is 26.2 Å². The first-order valence-corrected chi connectivity index (χ1v) is 9.93. The molecule has 1 aromatic carbocycles. The van der Waals surface area contributed by atoms with E-state index in [1.807, 2.05) is 12.1 Å². The third-order valence-corrected chi connectivity index (χ3v) is 5.81. The number of allylic oxidation sites excluding steroid dienone is 1. The molecule has 4 aliphatic heterocycles. The first-order chi connectivity index (χ1) is 13.1. The van der Waals surface area contributed by atoms with Gasteiger partial charge in [-0.2, -0.15) is 0 Å². The molecule has 0 aromatic heterocycles. The van der Waals surface area contributed by atoms with Crippen LogP contribution in [0.25, 0.3) is 0 Å². The summed E-state index contributed by atoms with van der Waals surface area (Å²) in [5, 5.41) is 14.9. The molecule has 0 aliphatic carbocycles. The lowest BCUT2D eigenvalue weighted by Gasteiger charge is -2.38. The Balaban J connectivity index is 1.54. The smallest absolute Gasteiger partial charge is 0.175 e. The Kier molecular flexibility index (Phi) is 4.15. The van der Waals surface area contributed by atoms with Gasteiger partial charge in [-0.1, -0.05) is 28.8 Å². The first kappa shape index (κ1) is 17.1. The summed E-state index contributed by atoms with van der Waals surface area (Å²) in [7, 11) is 0. The molecular formula is C19H20Cl2N6. The molecule has 5 rings (SSSR count). The molecule has 4 heterocycles. The summed E-state index contributed by atoms with van der Waals surface area (Å²) < 4.78 is 0. The Labute approximate surface area is 168 Å². The highest BCUT2D eigenvalue weighted by molar-refractivity contribution is 6.35. The lowest BCUT2D eigenvalue weighted by atomic mass is 10.1. The van der Waals surface area contributed by atoms with E-state index in [0.29, 0.717) is 10.0 Å². The Bertz CT molecular complexity index is 913. The molecular weight excluding hydrogens is 383 g/mol. The number of rotatable bonds is 2. The molecule has 0 bridgehead atoms. The quantitative estimate of drug-likeness (QED) is 0.687. The number of halogens is 2. The van der Waals surface area contributed by atoms with Crippen molar-refractivity contribution >= 4 is 28.9 Å². The molecule has 27 heavy (non-hydrogen) atoms. The standard InChI is InChI=1S/C19H20Cl2N6/c1-13-8-16-19(26(10-13)17-9-14(20)4-5-15(17)21)27-12-25(11-18(27)23-22-16)24-6-2-3-7-24/h4-5,9-11H,2-3,6-8,12H2,1H3. The number of benzene rings is 1. The molecule has 140 valence electrons. The third kappa shape index (κ3) is 2.92. The topological polar surface area (TPSA) is 37.7 Å². The molecule has 0 amide bonds. The van der Waals surface area contributed by atoms with Crippen molar-refractivity contribution in [3.05, 3.63) is 63.6 Å². The van der Waals surface area contributed by atoms with Gasteiger partial charge in [0.2, 0.25) is 0 Å². The molecule has 8 heteroatoms. The van der Waals surface area contributed by atoms with Gasteiger partial charge < -0.3 is 4.90 Å². The maximum Gasteiger partial charge on any atom is 0.175 e. The van der Waals surface area contributed by atoms with E-state index in [1.54, 1.807) is 6.07 Å². The van der Waals surface area contributed by atoms with Gasteiger partial charge in [-0.05, 0) is 38.0 Å². The van der Waals surface area contributed by atoms with Crippen LogP contribution in [0, 0.1) is 0 Å². The van der Waals surface area contributed by atoms with Crippen LogP contribution < -0.4 is 4.90 Å². The SMILES string of the molecule is CC1=CN(c2cc(Cl)ccc2Cl)C2=C(C1)N=NC1=CN(N3CCCC3)CN12. The van der Waals surface area contributed by atoms with Crippen molar-refractivity contribution in [2.75, 3.05) is 24.7 Å². The van der Waals surface area contributed by atoms with Crippen molar-refractivity contribution in [1.82, 2.24) is 14.9 Å². The van der Waals surface area contributed by atoms with E-state index in [4.69, 9.17) is 23.2 Å². The van der Waals surface area contributed by atoms with E-state index >= 15 is 0 Å². The van der Waals surface area contributed by atoms with E-state index in [1.165, 1.54) is 18.4 Å².